The van der Waals surface area contributed by atoms with Crippen molar-refractivity contribution in [3.8, 4) is 16.9 Å². The van der Waals surface area contributed by atoms with Crippen LogP contribution in [0.15, 0.2) is 108 Å². The van der Waals surface area contributed by atoms with Gasteiger partial charge < -0.3 is 20.0 Å². The van der Waals surface area contributed by atoms with Gasteiger partial charge in [0.25, 0.3) is 0 Å². The van der Waals surface area contributed by atoms with Crippen LogP contribution in [0.1, 0.15) is 54.2 Å². The fraction of sp³-hybridized carbons (Fsp3) is 0.194. The van der Waals surface area contributed by atoms with E-state index < -0.39 is 11.9 Å². The molecule has 0 radical (unpaired) electrons. The number of rotatable bonds is 12. The molecule has 4 aromatic carbocycles. The first-order valence-corrected chi connectivity index (χ1v) is 14.1. The van der Waals surface area contributed by atoms with Gasteiger partial charge in [0.2, 0.25) is 5.91 Å². The molecule has 0 aliphatic heterocycles. The molecule has 4 aromatic rings. The third kappa shape index (κ3) is 9.43. The highest BCUT2D eigenvalue weighted by atomic mass is 16.6. The summed E-state index contributed by atoms with van der Waals surface area (Å²) in [6.45, 7) is 7.19. The van der Waals surface area contributed by atoms with Crippen molar-refractivity contribution in [2.24, 2.45) is 5.16 Å². The number of carbonyl (C=O) groups is 2. The van der Waals surface area contributed by atoms with Crippen LogP contribution in [0.2, 0.25) is 0 Å². The molecule has 0 saturated heterocycles. The summed E-state index contributed by atoms with van der Waals surface area (Å²) in [6, 6.07) is 30.5. The predicted molar refractivity (Wildman–Crippen MR) is 172 cm³/mol. The molecule has 1 amide bonds. The molecule has 0 aromatic heterocycles. The zero-order chi connectivity index (χ0) is 30.7. The fourth-order valence-corrected chi connectivity index (χ4v) is 4.20. The molecule has 220 valence electrons. The number of carbonyl (C=O) groups excluding carboxylic acids is 1. The van der Waals surface area contributed by atoms with Crippen molar-refractivity contribution in [1.82, 2.24) is 0 Å². The highest BCUT2D eigenvalue weighted by Crippen LogP contribution is 2.24. The molecule has 0 aliphatic carbocycles. The second-order valence-electron chi connectivity index (χ2n) is 11.0. The lowest BCUT2D eigenvalue weighted by atomic mass is 9.87. The number of aromatic carboxylic acids is 1. The minimum absolute atomic E-state index is 0.0329. The van der Waals surface area contributed by atoms with Crippen molar-refractivity contribution in [2.45, 2.75) is 32.6 Å². The third-order valence-corrected chi connectivity index (χ3v) is 6.63. The SMILES string of the molecule is CC(C)(C)c1ccc(C=NOCCCOc2ccc(C(=O)O)c(NC(=O)/C=C/c3ccc(-c4ccccc4)cc3)c2)cc1. The van der Waals surface area contributed by atoms with Gasteiger partial charge in [0, 0.05) is 18.6 Å². The van der Waals surface area contributed by atoms with E-state index in [0.717, 1.165) is 22.3 Å². The zero-order valence-electron chi connectivity index (χ0n) is 24.6. The van der Waals surface area contributed by atoms with E-state index in [0.29, 0.717) is 25.4 Å². The summed E-state index contributed by atoms with van der Waals surface area (Å²) in [7, 11) is 0. The largest absolute Gasteiger partial charge is 0.493 e. The second-order valence-corrected chi connectivity index (χ2v) is 11.0. The number of oxime groups is 1. The number of carboxylic acid groups (broad SMARTS) is 1. The molecule has 4 rings (SSSR count). The molecule has 0 atom stereocenters. The first-order valence-electron chi connectivity index (χ1n) is 14.1. The Balaban J connectivity index is 1.26. The lowest BCUT2D eigenvalue weighted by molar-refractivity contribution is -0.111. The molecule has 7 heteroatoms. The van der Waals surface area contributed by atoms with Crippen molar-refractivity contribution in [2.75, 3.05) is 18.5 Å². The number of hydrogen-bond acceptors (Lipinski definition) is 5. The van der Waals surface area contributed by atoms with Gasteiger partial charge in [-0.1, -0.05) is 105 Å². The number of anilines is 1. The van der Waals surface area contributed by atoms with Crippen LogP contribution >= 0.6 is 0 Å². The molecule has 43 heavy (non-hydrogen) atoms. The van der Waals surface area contributed by atoms with Gasteiger partial charge in [-0.15, -0.1) is 0 Å². The number of nitrogens with one attached hydrogen (secondary N) is 1. The number of ether oxygens (including phenoxy) is 1. The summed E-state index contributed by atoms with van der Waals surface area (Å²) in [5, 5.41) is 16.3. The Labute approximate surface area is 252 Å². The maximum atomic E-state index is 12.6. The smallest absolute Gasteiger partial charge is 0.337 e. The number of hydrogen-bond donors (Lipinski definition) is 2. The highest BCUT2D eigenvalue weighted by molar-refractivity contribution is 6.06. The fourth-order valence-electron chi connectivity index (χ4n) is 4.20. The molecule has 0 heterocycles. The molecule has 0 fully saturated rings. The monoisotopic (exact) mass is 576 g/mol. The number of carboxylic acids is 1. The first-order chi connectivity index (χ1) is 20.7. The van der Waals surface area contributed by atoms with Crippen LogP contribution < -0.4 is 10.1 Å². The Kier molecular flexibility index (Phi) is 10.5. The van der Waals surface area contributed by atoms with E-state index in [9.17, 15) is 14.7 Å². The van der Waals surface area contributed by atoms with Gasteiger partial charge >= 0.3 is 5.97 Å². The van der Waals surface area contributed by atoms with Gasteiger partial charge in [-0.3, -0.25) is 4.79 Å². The summed E-state index contributed by atoms with van der Waals surface area (Å²) in [5.41, 5.74) is 5.45. The van der Waals surface area contributed by atoms with E-state index in [1.807, 2.05) is 66.7 Å². The molecule has 7 nitrogen and oxygen atoms in total. The van der Waals surface area contributed by atoms with E-state index in [-0.39, 0.29) is 16.7 Å². The standard InChI is InChI=1S/C36H36N2O5/c1-36(2,3)30-17-12-27(13-18-30)25-37-43-23-7-22-42-31-19-20-32(35(40)41)33(24-31)38-34(39)21-14-26-10-15-29(16-11-26)28-8-5-4-6-9-28/h4-6,8-21,24-25H,7,22-23H2,1-3H3,(H,38,39)(H,40,41)/b21-14+,37-25?. The van der Waals surface area contributed by atoms with Crippen LogP contribution in [0.4, 0.5) is 5.69 Å². The summed E-state index contributed by atoms with van der Waals surface area (Å²) in [4.78, 5) is 29.7. The first kappa shape index (κ1) is 30.8. The molecule has 0 bridgehead atoms. The minimum atomic E-state index is -1.15. The quantitative estimate of drug-likeness (QED) is 0.0776. The van der Waals surface area contributed by atoms with Crippen LogP contribution in [0.3, 0.4) is 0 Å². The van der Waals surface area contributed by atoms with Crippen LogP contribution in [0.5, 0.6) is 5.75 Å². The Morgan fingerprint density at radius 1 is 0.837 bits per heavy atom. The lowest BCUT2D eigenvalue weighted by Gasteiger charge is -2.18. The zero-order valence-corrected chi connectivity index (χ0v) is 24.6. The topological polar surface area (TPSA) is 97.2 Å². The molecule has 0 spiro atoms. The number of benzene rings is 4. The summed E-state index contributed by atoms with van der Waals surface area (Å²) >= 11 is 0. The molecular weight excluding hydrogens is 540 g/mol. The summed E-state index contributed by atoms with van der Waals surface area (Å²) in [6.07, 6.45) is 5.28. The van der Waals surface area contributed by atoms with Crippen molar-refractivity contribution in [3.05, 3.63) is 125 Å². The Bertz CT molecular complexity index is 1570. The average molecular weight is 577 g/mol. The lowest BCUT2D eigenvalue weighted by Crippen LogP contribution is -2.12. The number of nitrogens with zero attached hydrogens (tertiary/aromatic N) is 1. The minimum Gasteiger partial charge on any atom is -0.493 e. The van der Waals surface area contributed by atoms with E-state index >= 15 is 0 Å². The van der Waals surface area contributed by atoms with E-state index in [2.05, 4.69) is 43.4 Å². The van der Waals surface area contributed by atoms with Gasteiger partial charge in [-0.2, -0.15) is 0 Å². The van der Waals surface area contributed by atoms with Gasteiger partial charge in [-0.25, -0.2) is 4.79 Å². The third-order valence-electron chi connectivity index (χ3n) is 6.63. The molecular formula is C36H36N2O5. The number of amides is 1. The van der Waals surface area contributed by atoms with Crippen LogP contribution in [-0.2, 0) is 15.0 Å². The van der Waals surface area contributed by atoms with E-state index in [1.165, 1.54) is 23.8 Å². The van der Waals surface area contributed by atoms with Crippen LogP contribution in [0.25, 0.3) is 17.2 Å². The Hall–Kier alpha value is -5.17. The molecule has 0 unspecified atom stereocenters. The summed E-state index contributed by atoms with van der Waals surface area (Å²) < 4.78 is 5.76. The normalized spacial score (nSPS) is 11.5. The van der Waals surface area contributed by atoms with E-state index in [4.69, 9.17) is 9.57 Å². The highest BCUT2D eigenvalue weighted by Gasteiger charge is 2.14. The maximum Gasteiger partial charge on any atom is 0.337 e. The predicted octanol–water partition coefficient (Wildman–Crippen LogP) is 7.82. The molecule has 0 aliphatic rings. The van der Waals surface area contributed by atoms with Crippen molar-refractivity contribution >= 4 is 29.9 Å². The van der Waals surface area contributed by atoms with Crippen molar-refractivity contribution < 1.29 is 24.3 Å². The van der Waals surface area contributed by atoms with Crippen molar-refractivity contribution in [3.63, 3.8) is 0 Å². The average Bonchev–Trinajstić information content (AvgIpc) is 3.00. The molecule has 0 saturated carbocycles. The van der Waals surface area contributed by atoms with Crippen molar-refractivity contribution in [1.29, 1.82) is 0 Å². The Morgan fingerprint density at radius 2 is 1.51 bits per heavy atom. The maximum absolute atomic E-state index is 12.6. The summed E-state index contributed by atoms with van der Waals surface area (Å²) in [5.74, 6) is -1.17. The molecule has 2 N–H and O–H groups in total. The van der Waals surface area contributed by atoms with Gasteiger partial charge in [0.15, 0.2) is 0 Å². The van der Waals surface area contributed by atoms with Gasteiger partial charge in [0.05, 0.1) is 24.1 Å². The Morgan fingerprint density at radius 3 is 2.19 bits per heavy atom. The second kappa shape index (κ2) is 14.6. The van der Waals surface area contributed by atoms with Gasteiger partial charge in [0.1, 0.15) is 12.4 Å². The van der Waals surface area contributed by atoms with Gasteiger partial charge in [-0.05, 0) is 51.4 Å². The van der Waals surface area contributed by atoms with Crippen LogP contribution in [-0.4, -0.2) is 36.4 Å². The van der Waals surface area contributed by atoms with E-state index in [1.54, 1.807) is 18.4 Å². The van der Waals surface area contributed by atoms with Crippen LogP contribution in [0, 0.1) is 0 Å².